The van der Waals surface area contributed by atoms with Crippen LogP contribution < -0.4 is 0 Å². The first-order valence-corrected chi connectivity index (χ1v) is 14.7. The van der Waals surface area contributed by atoms with Gasteiger partial charge in [0.1, 0.15) is 12.7 Å². The second kappa shape index (κ2) is 16.5. The van der Waals surface area contributed by atoms with Gasteiger partial charge in [-0.25, -0.2) is 4.79 Å². The largest absolute Gasteiger partial charge is 0.445 e. The number of aliphatic hydroxyl groups excluding tert-OH is 2. The molecule has 2 aromatic carbocycles. The number of hydrogen-bond acceptors (Lipinski definition) is 9. The molecule has 2 aliphatic rings. The molecule has 0 spiro atoms. The molecule has 1 aliphatic carbocycles. The smallest absolute Gasteiger partial charge is 0.410 e. The zero-order valence-corrected chi connectivity index (χ0v) is 24.7. The second-order valence-electron chi connectivity index (χ2n) is 10.9. The number of carbonyl (C=O) groups is 1. The Morgan fingerprint density at radius 2 is 1.51 bits per heavy atom. The Balaban J connectivity index is 1.58. The number of hydrogen-bond donors (Lipinski definition) is 2. The maximum absolute atomic E-state index is 13.6. The van der Waals surface area contributed by atoms with Gasteiger partial charge in [-0.05, 0) is 53.4 Å². The summed E-state index contributed by atoms with van der Waals surface area (Å²) in [5.41, 5.74) is 29.0. The number of aliphatic hydroxyl groups is 2. The van der Waals surface area contributed by atoms with Crippen LogP contribution in [0, 0.1) is 0 Å². The highest BCUT2D eigenvalue weighted by atomic mass is 16.7. The van der Waals surface area contributed by atoms with Gasteiger partial charge >= 0.3 is 6.09 Å². The Morgan fingerprint density at radius 1 is 0.911 bits per heavy atom. The van der Waals surface area contributed by atoms with Crippen molar-refractivity contribution < 1.29 is 29.2 Å². The monoisotopic (exact) mass is 620 g/mol. The standard InChI is InChI=1S/C29H36N10O6/c1-2-23(39(16-18-9-5-3-6-10-18)29(42)43-17-19-11-7-4-8-12-19)24-14-13-20(33-36-30)28(44-24)45-27-22(35-38-32)15-21(34-37-31)25(40)26(27)41/h3-12,20-28,40-41H,2,13-17H2,1H3/t20?,21?,22?,23-,24+,25+,26-,27-,28-/m1/s1. The molecule has 9 atom stereocenters. The number of azide groups is 3. The van der Waals surface area contributed by atoms with Crippen LogP contribution >= 0.6 is 0 Å². The van der Waals surface area contributed by atoms with Gasteiger partial charge < -0.3 is 24.4 Å². The van der Waals surface area contributed by atoms with Gasteiger partial charge in [0.25, 0.3) is 0 Å². The Hall–Kier alpha value is -4.52. The fourth-order valence-corrected chi connectivity index (χ4v) is 5.83. The van der Waals surface area contributed by atoms with Crippen LogP contribution in [-0.2, 0) is 27.4 Å². The predicted molar refractivity (Wildman–Crippen MR) is 161 cm³/mol. The summed E-state index contributed by atoms with van der Waals surface area (Å²) < 4.78 is 18.2. The molecule has 2 aromatic rings. The zero-order valence-electron chi connectivity index (χ0n) is 24.7. The van der Waals surface area contributed by atoms with Gasteiger partial charge in [-0.15, -0.1) is 0 Å². The summed E-state index contributed by atoms with van der Waals surface area (Å²) >= 11 is 0. The van der Waals surface area contributed by atoms with Gasteiger partial charge in [-0.2, -0.15) is 0 Å². The normalized spacial score (nSPS) is 28.3. The lowest BCUT2D eigenvalue weighted by molar-refractivity contribution is -0.260. The Morgan fingerprint density at radius 3 is 2.13 bits per heavy atom. The third-order valence-corrected chi connectivity index (χ3v) is 8.09. The van der Waals surface area contributed by atoms with Gasteiger partial charge in [-0.3, -0.25) is 4.90 Å². The molecule has 1 heterocycles. The van der Waals surface area contributed by atoms with Crippen LogP contribution in [0.15, 0.2) is 76.0 Å². The molecule has 1 amide bonds. The summed E-state index contributed by atoms with van der Waals surface area (Å²) in [6.07, 6.45) is -5.59. The lowest BCUT2D eigenvalue weighted by Gasteiger charge is -2.45. The summed E-state index contributed by atoms with van der Waals surface area (Å²) in [6.45, 7) is 2.24. The van der Waals surface area contributed by atoms with E-state index < -0.39 is 61.0 Å². The molecule has 238 valence electrons. The average Bonchev–Trinajstić information content (AvgIpc) is 3.06. The lowest BCUT2D eigenvalue weighted by atomic mass is 9.84. The molecule has 1 aliphatic heterocycles. The first kappa shape index (κ1) is 33.4. The molecule has 0 aromatic heterocycles. The van der Waals surface area contributed by atoms with E-state index in [4.69, 9.17) is 25.3 Å². The fourth-order valence-electron chi connectivity index (χ4n) is 5.83. The van der Waals surface area contributed by atoms with Gasteiger partial charge in [0.05, 0.1) is 42.5 Å². The maximum Gasteiger partial charge on any atom is 0.410 e. The molecule has 4 rings (SSSR count). The van der Waals surface area contributed by atoms with Crippen molar-refractivity contribution in [3.05, 3.63) is 103 Å². The lowest BCUT2D eigenvalue weighted by Crippen LogP contribution is -2.59. The molecular formula is C29H36N10O6. The van der Waals surface area contributed by atoms with Gasteiger partial charge in [0.15, 0.2) is 6.29 Å². The predicted octanol–water partition coefficient (Wildman–Crippen LogP) is 5.66. The summed E-state index contributed by atoms with van der Waals surface area (Å²) in [7, 11) is 0. The van der Waals surface area contributed by atoms with E-state index in [2.05, 4.69) is 30.1 Å². The van der Waals surface area contributed by atoms with E-state index in [1.807, 2.05) is 67.6 Å². The van der Waals surface area contributed by atoms with Crippen molar-refractivity contribution in [2.75, 3.05) is 0 Å². The number of nitrogens with zero attached hydrogens (tertiary/aromatic N) is 10. The molecular weight excluding hydrogens is 584 g/mol. The van der Waals surface area contributed by atoms with Crippen molar-refractivity contribution in [2.24, 2.45) is 15.3 Å². The van der Waals surface area contributed by atoms with Crippen LogP contribution in [0.25, 0.3) is 31.3 Å². The minimum absolute atomic E-state index is 0.0805. The Labute approximate surface area is 259 Å². The van der Waals surface area contributed by atoms with Crippen LogP contribution in [0.2, 0.25) is 0 Å². The maximum atomic E-state index is 13.6. The minimum Gasteiger partial charge on any atom is -0.445 e. The molecule has 2 fully saturated rings. The van der Waals surface area contributed by atoms with E-state index in [0.29, 0.717) is 19.3 Å². The van der Waals surface area contributed by atoms with E-state index in [1.54, 1.807) is 4.90 Å². The zero-order chi connectivity index (χ0) is 32.2. The fraction of sp³-hybridized carbons (Fsp3) is 0.552. The van der Waals surface area contributed by atoms with Crippen LogP contribution in [0.5, 0.6) is 0 Å². The van der Waals surface area contributed by atoms with Gasteiger partial charge in [0, 0.05) is 21.3 Å². The molecule has 3 unspecified atom stereocenters. The summed E-state index contributed by atoms with van der Waals surface area (Å²) in [5.74, 6) is 0. The topological polar surface area (TPSA) is 235 Å². The van der Waals surface area contributed by atoms with Crippen molar-refractivity contribution in [2.45, 2.75) is 101 Å². The Bertz CT molecular complexity index is 1400. The molecule has 16 nitrogen and oxygen atoms in total. The molecule has 1 saturated heterocycles. The van der Waals surface area contributed by atoms with Crippen molar-refractivity contribution >= 4 is 6.09 Å². The third-order valence-electron chi connectivity index (χ3n) is 8.09. The van der Waals surface area contributed by atoms with E-state index in [-0.39, 0.29) is 19.6 Å². The van der Waals surface area contributed by atoms with E-state index in [9.17, 15) is 20.5 Å². The van der Waals surface area contributed by atoms with Crippen LogP contribution in [0.3, 0.4) is 0 Å². The van der Waals surface area contributed by atoms with Crippen LogP contribution in [0.1, 0.15) is 43.7 Å². The van der Waals surface area contributed by atoms with Crippen molar-refractivity contribution in [3.63, 3.8) is 0 Å². The molecule has 2 N–H and O–H groups in total. The molecule has 45 heavy (non-hydrogen) atoms. The molecule has 16 heteroatoms. The first-order valence-electron chi connectivity index (χ1n) is 14.7. The number of carbonyl (C=O) groups excluding carboxylic acids is 1. The van der Waals surface area contributed by atoms with Gasteiger partial charge in [0.2, 0.25) is 0 Å². The second-order valence-corrected chi connectivity index (χ2v) is 10.9. The first-order chi connectivity index (χ1) is 21.9. The number of amides is 1. The van der Waals surface area contributed by atoms with Gasteiger partial charge in [-0.1, -0.05) is 82.9 Å². The van der Waals surface area contributed by atoms with E-state index in [1.165, 1.54) is 0 Å². The molecule has 0 bridgehead atoms. The minimum atomic E-state index is -1.61. The summed E-state index contributed by atoms with van der Waals surface area (Å²) in [4.78, 5) is 23.7. The highest BCUT2D eigenvalue weighted by molar-refractivity contribution is 5.68. The van der Waals surface area contributed by atoms with Crippen molar-refractivity contribution in [3.8, 4) is 0 Å². The average molecular weight is 621 g/mol. The number of ether oxygens (including phenoxy) is 3. The molecule has 0 radical (unpaired) electrons. The van der Waals surface area contributed by atoms with E-state index >= 15 is 0 Å². The molecule has 1 saturated carbocycles. The van der Waals surface area contributed by atoms with Crippen molar-refractivity contribution in [1.82, 2.24) is 4.90 Å². The highest BCUT2D eigenvalue weighted by Crippen LogP contribution is 2.34. The number of benzene rings is 2. The summed E-state index contributed by atoms with van der Waals surface area (Å²) in [5, 5.41) is 32.6. The number of rotatable bonds is 12. The van der Waals surface area contributed by atoms with E-state index in [0.717, 1.165) is 11.1 Å². The van der Waals surface area contributed by atoms with Crippen LogP contribution in [-0.4, -0.2) is 76.1 Å². The van der Waals surface area contributed by atoms with Crippen molar-refractivity contribution in [1.29, 1.82) is 0 Å². The van der Waals surface area contributed by atoms with Crippen LogP contribution in [0.4, 0.5) is 4.79 Å². The quantitative estimate of drug-likeness (QED) is 0.172. The summed E-state index contributed by atoms with van der Waals surface area (Å²) in [6, 6.07) is 15.4. The highest BCUT2D eigenvalue weighted by Gasteiger charge is 2.47. The Kier molecular flexibility index (Phi) is 12.3. The third kappa shape index (κ3) is 8.56. The SMILES string of the molecule is CC[C@H]([C@@H]1CCC(N=[N+]=[N-])[C@@H](O[C@@H]2C(N=[N+]=[N-])CC(N=[N+]=[N-])[C@H](O)[C@H]2O)O1)N(Cc1ccccc1)C(=O)OCc1ccccc1.